The second-order valence-electron chi connectivity index (χ2n) is 8.03. The van der Waals surface area contributed by atoms with Crippen molar-refractivity contribution in [1.29, 1.82) is 0 Å². The van der Waals surface area contributed by atoms with Crippen LogP contribution in [0.25, 0.3) is 0 Å². The average molecular weight is 315 g/mol. The zero-order valence-electron chi connectivity index (χ0n) is 14.3. The van der Waals surface area contributed by atoms with E-state index < -0.39 is 6.10 Å². The van der Waals surface area contributed by atoms with Crippen molar-refractivity contribution in [3.8, 4) is 0 Å². The molecule has 0 aliphatic heterocycles. The van der Waals surface area contributed by atoms with E-state index in [0.29, 0.717) is 26.2 Å². The summed E-state index contributed by atoms with van der Waals surface area (Å²) < 4.78 is 6.17. The normalized spacial score (nSPS) is 34.5. The third-order valence-electron chi connectivity index (χ3n) is 5.89. The molecule has 0 amide bonds. The molecule has 5 heteroatoms. The van der Waals surface area contributed by atoms with Crippen molar-refractivity contribution >= 4 is 0 Å². The first kappa shape index (κ1) is 18.1. The summed E-state index contributed by atoms with van der Waals surface area (Å²) in [7, 11) is 0. The quantitative estimate of drug-likeness (QED) is 0.589. The molecule has 2 fully saturated rings. The Morgan fingerprint density at radius 3 is 2.32 bits per heavy atom. The van der Waals surface area contributed by atoms with E-state index in [1.54, 1.807) is 0 Å². The molecule has 0 saturated heterocycles. The monoisotopic (exact) mass is 315 g/mol. The van der Waals surface area contributed by atoms with E-state index in [0.717, 1.165) is 5.92 Å². The van der Waals surface area contributed by atoms with Crippen molar-refractivity contribution in [2.24, 2.45) is 16.7 Å². The molecule has 2 aliphatic rings. The van der Waals surface area contributed by atoms with Gasteiger partial charge in [-0.15, -0.1) is 0 Å². The van der Waals surface area contributed by atoms with Gasteiger partial charge in [0.25, 0.3) is 0 Å². The van der Waals surface area contributed by atoms with Gasteiger partial charge in [-0.3, -0.25) is 4.90 Å². The van der Waals surface area contributed by atoms with E-state index >= 15 is 0 Å². The molecule has 130 valence electrons. The highest BCUT2D eigenvalue weighted by atomic mass is 16.5. The second kappa shape index (κ2) is 7.14. The number of rotatable bonds is 9. The van der Waals surface area contributed by atoms with Gasteiger partial charge < -0.3 is 20.1 Å². The zero-order valence-corrected chi connectivity index (χ0v) is 14.3. The minimum Gasteiger partial charge on any atom is -0.395 e. The number of ether oxygens (including phenoxy) is 1. The van der Waals surface area contributed by atoms with Crippen molar-refractivity contribution in [1.82, 2.24) is 4.90 Å². The van der Waals surface area contributed by atoms with Gasteiger partial charge in [-0.05, 0) is 36.0 Å². The van der Waals surface area contributed by atoms with Gasteiger partial charge in [-0.2, -0.15) is 0 Å². The Morgan fingerprint density at radius 2 is 1.82 bits per heavy atom. The largest absolute Gasteiger partial charge is 0.395 e. The molecule has 0 aromatic rings. The SMILES string of the molecule is CC1(C)[C@H]2CC[C@](C)(C2)[C@@H]1OC[C@@H](O)CN(CCO)CCO. The van der Waals surface area contributed by atoms with Crippen molar-refractivity contribution in [2.45, 2.75) is 52.2 Å². The van der Waals surface area contributed by atoms with E-state index in [2.05, 4.69) is 20.8 Å². The Hall–Kier alpha value is -0.200. The Balaban J connectivity index is 1.84. The molecule has 0 unspecified atom stereocenters. The summed E-state index contributed by atoms with van der Waals surface area (Å²) in [6, 6.07) is 0. The highest BCUT2D eigenvalue weighted by Gasteiger charge is 2.60. The number of aliphatic hydroxyl groups excluding tert-OH is 3. The second-order valence-corrected chi connectivity index (χ2v) is 8.03. The summed E-state index contributed by atoms with van der Waals surface area (Å²) in [6.45, 7) is 8.65. The fraction of sp³-hybridized carbons (Fsp3) is 1.00. The Bertz CT molecular complexity index is 352. The number of aliphatic hydroxyl groups is 3. The summed E-state index contributed by atoms with van der Waals surface area (Å²) in [5, 5.41) is 28.3. The molecule has 0 radical (unpaired) electrons. The number of fused-ring (bicyclic) bond motifs is 2. The average Bonchev–Trinajstić information content (AvgIpc) is 2.90. The lowest BCUT2D eigenvalue weighted by molar-refractivity contribution is -0.113. The Labute approximate surface area is 134 Å². The maximum atomic E-state index is 10.2. The topological polar surface area (TPSA) is 73.2 Å². The van der Waals surface area contributed by atoms with Crippen molar-refractivity contribution in [3.63, 3.8) is 0 Å². The minimum atomic E-state index is -0.586. The lowest BCUT2D eigenvalue weighted by Gasteiger charge is -2.42. The fourth-order valence-electron chi connectivity index (χ4n) is 4.81. The molecule has 2 saturated carbocycles. The number of hydrogen-bond acceptors (Lipinski definition) is 5. The van der Waals surface area contributed by atoms with Gasteiger partial charge in [0.2, 0.25) is 0 Å². The fourth-order valence-corrected chi connectivity index (χ4v) is 4.81. The maximum Gasteiger partial charge on any atom is 0.0900 e. The van der Waals surface area contributed by atoms with Gasteiger partial charge in [0.05, 0.1) is 32.0 Å². The Morgan fingerprint density at radius 1 is 1.18 bits per heavy atom. The molecule has 0 spiro atoms. The van der Waals surface area contributed by atoms with E-state index in [4.69, 9.17) is 14.9 Å². The van der Waals surface area contributed by atoms with Crippen LogP contribution in [-0.2, 0) is 4.74 Å². The Kier molecular flexibility index (Phi) is 5.89. The molecular weight excluding hydrogens is 282 g/mol. The van der Waals surface area contributed by atoms with Crippen molar-refractivity contribution < 1.29 is 20.1 Å². The maximum absolute atomic E-state index is 10.2. The highest BCUT2D eigenvalue weighted by molar-refractivity contribution is 5.09. The molecule has 0 aromatic heterocycles. The molecule has 2 bridgehead atoms. The molecule has 0 aromatic carbocycles. The van der Waals surface area contributed by atoms with Gasteiger partial charge in [0.1, 0.15) is 0 Å². The molecule has 2 rings (SSSR count). The van der Waals surface area contributed by atoms with Gasteiger partial charge in [0.15, 0.2) is 0 Å². The van der Waals surface area contributed by atoms with Crippen LogP contribution in [0.3, 0.4) is 0 Å². The predicted molar refractivity (Wildman–Crippen MR) is 85.6 cm³/mol. The molecule has 0 heterocycles. The summed E-state index contributed by atoms with van der Waals surface area (Å²) in [5.74, 6) is 0.736. The molecule has 2 aliphatic carbocycles. The van der Waals surface area contributed by atoms with E-state index in [1.165, 1.54) is 19.3 Å². The summed E-state index contributed by atoms with van der Waals surface area (Å²) in [4.78, 5) is 1.86. The van der Waals surface area contributed by atoms with Crippen LogP contribution in [0.15, 0.2) is 0 Å². The molecule has 22 heavy (non-hydrogen) atoms. The first-order valence-electron chi connectivity index (χ1n) is 8.57. The summed E-state index contributed by atoms with van der Waals surface area (Å²) in [6.07, 6.45) is 3.38. The highest BCUT2D eigenvalue weighted by Crippen LogP contribution is 2.63. The van der Waals surface area contributed by atoms with Crippen LogP contribution in [0.4, 0.5) is 0 Å². The van der Waals surface area contributed by atoms with Gasteiger partial charge in [0, 0.05) is 19.6 Å². The van der Waals surface area contributed by atoms with Gasteiger partial charge >= 0.3 is 0 Å². The molecule has 3 N–H and O–H groups in total. The van der Waals surface area contributed by atoms with Crippen LogP contribution >= 0.6 is 0 Å². The lowest BCUT2D eigenvalue weighted by Crippen LogP contribution is -2.45. The first-order chi connectivity index (χ1) is 10.3. The van der Waals surface area contributed by atoms with Crippen molar-refractivity contribution in [2.75, 3.05) is 39.5 Å². The van der Waals surface area contributed by atoms with E-state index in [-0.39, 0.29) is 30.1 Å². The van der Waals surface area contributed by atoms with Crippen LogP contribution in [0.5, 0.6) is 0 Å². The summed E-state index contributed by atoms with van der Waals surface area (Å²) >= 11 is 0. The van der Waals surface area contributed by atoms with Crippen LogP contribution < -0.4 is 0 Å². The lowest BCUT2D eigenvalue weighted by atomic mass is 9.70. The minimum absolute atomic E-state index is 0.0307. The third-order valence-corrected chi connectivity index (χ3v) is 5.89. The summed E-state index contributed by atoms with van der Waals surface area (Å²) in [5.41, 5.74) is 0.437. The third kappa shape index (κ3) is 3.65. The predicted octanol–water partition coefficient (Wildman–Crippen LogP) is 0.865. The van der Waals surface area contributed by atoms with Crippen LogP contribution in [0.1, 0.15) is 40.0 Å². The van der Waals surface area contributed by atoms with E-state index in [9.17, 15) is 5.11 Å². The standard InChI is InChI=1S/C17H33NO4/c1-16(2)13-4-5-17(3,10-13)15(16)22-12-14(21)11-18(6-8-19)7-9-20/h13-15,19-21H,4-12H2,1-3H3/t13-,14-,15+,17+/m0/s1. The zero-order chi connectivity index (χ0) is 16.4. The number of hydrogen-bond donors (Lipinski definition) is 3. The van der Waals surface area contributed by atoms with Crippen LogP contribution in [0.2, 0.25) is 0 Å². The van der Waals surface area contributed by atoms with E-state index in [1.807, 2.05) is 4.90 Å². The molecule has 4 atom stereocenters. The molecular formula is C17H33NO4. The van der Waals surface area contributed by atoms with Crippen molar-refractivity contribution in [3.05, 3.63) is 0 Å². The smallest absolute Gasteiger partial charge is 0.0900 e. The van der Waals surface area contributed by atoms with Gasteiger partial charge in [-0.25, -0.2) is 0 Å². The van der Waals surface area contributed by atoms with Crippen LogP contribution in [-0.4, -0.2) is 71.9 Å². The van der Waals surface area contributed by atoms with Crippen LogP contribution in [0, 0.1) is 16.7 Å². The first-order valence-corrected chi connectivity index (χ1v) is 8.57. The van der Waals surface area contributed by atoms with Gasteiger partial charge in [-0.1, -0.05) is 20.8 Å². The molecule has 5 nitrogen and oxygen atoms in total. The number of nitrogens with zero attached hydrogens (tertiary/aromatic N) is 1.